The van der Waals surface area contributed by atoms with E-state index in [4.69, 9.17) is 46.9 Å². The number of pyridine rings is 2. The summed E-state index contributed by atoms with van der Waals surface area (Å²) in [5.41, 5.74) is 11.5. The Balaban J connectivity index is 0.000000179. The quantitative estimate of drug-likeness (QED) is 0.0305. The highest BCUT2D eigenvalue weighted by Crippen LogP contribution is 2.48. The van der Waals surface area contributed by atoms with Crippen LogP contribution in [0.1, 0.15) is 142 Å². The predicted molar refractivity (Wildman–Crippen MR) is 518 cm³/mol. The minimum absolute atomic E-state index is 0.000219. The van der Waals surface area contributed by atoms with Gasteiger partial charge in [0.1, 0.15) is 45.8 Å². The van der Waals surface area contributed by atoms with Gasteiger partial charge in [-0.05, 0) is 184 Å². The maximum absolute atomic E-state index is 14.2. The lowest BCUT2D eigenvalue weighted by molar-refractivity contribution is -0.386. The van der Waals surface area contributed by atoms with Crippen LogP contribution in [0.2, 0.25) is 10.0 Å². The normalized spacial score (nSPS) is 21.1. The van der Waals surface area contributed by atoms with Crippen molar-refractivity contribution < 1.29 is 60.0 Å². The Bertz CT molecular complexity index is 6410. The maximum atomic E-state index is 14.2. The van der Waals surface area contributed by atoms with Crippen LogP contribution in [0.25, 0.3) is 33.2 Å². The van der Waals surface area contributed by atoms with E-state index in [1.165, 1.54) is 77.2 Å². The van der Waals surface area contributed by atoms with Crippen LogP contribution in [-0.4, -0.2) is 232 Å². The summed E-state index contributed by atoms with van der Waals surface area (Å²) in [6.07, 6.45) is 17.6. The number of nitrogens with zero attached hydrogens (tertiary/aromatic N) is 11. The van der Waals surface area contributed by atoms with Crippen LogP contribution in [0.3, 0.4) is 0 Å². The number of H-pyrrole nitrogens is 2. The number of hydrogen-bond acceptors (Lipinski definition) is 24. The van der Waals surface area contributed by atoms with Crippen molar-refractivity contribution in [2.45, 2.75) is 140 Å². The van der Waals surface area contributed by atoms with Crippen molar-refractivity contribution in [3.05, 3.63) is 233 Å². The number of anilines is 2. The molecule has 0 spiro atoms. The molecule has 10 heterocycles. The van der Waals surface area contributed by atoms with Gasteiger partial charge in [0, 0.05) is 216 Å². The molecule has 0 unspecified atom stereocenters. The number of fused-ring (bicyclic) bond motifs is 4. The number of amides is 2. The van der Waals surface area contributed by atoms with Gasteiger partial charge < -0.3 is 48.4 Å². The summed E-state index contributed by atoms with van der Waals surface area (Å²) >= 11 is 12.5. The van der Waals surface area contributed by atoms with Crippen molar-refractivity contribution in [3.63, 3.8) is 0 Å². The lowest BCUT2D eigenvalue weighted by atomic mass is 9.72. The lowest BCUT2D eigenvalue weighted by Crippen LogP contribution is -2.57. The molecule has 30 nitrogen and oxygen atoms in total. The van der Waals surface area contributed by atoms with E-state index in [0.29, 0.717) is 78.6 Å². The summed E-state index contributed by atoms with van der Waals surface area (Å²) in [6.45, 7) is 28.5. The van der Waals surface area contributed by atoms with E-state index < -0.39 is 51.5 Å². The van der Waals surface area contributed by atoms with Crippen LogP contribution in [0, 0.1) is 42.9 Å². The van der Waals surface area contributed by atoms with Crippen molar-refractivity contribution in [1.29, 1.82) is 0 Å². The molecule has 10 aromatic rings. The van der Waals surface area contributed by atoms with E-state index in [1.54, 1.807) is 60.9 Å². The first kappa shape index (κ1) is 93.4. The highest BCUT2D eigenvalue weighted by atomic mass is 35.5. The van der Waals surface area contributed by atoms with E-state index >= 15 is 0 Å². The van der Waals surface area contributed by atoms with Crippen molar-refractivity contribution >= 4 is 111 Å². The lowest BCUT2D eigenvalue weighted by Gasteiger charge is -2.47. The van der Waals surface area contributed by atoms with Crippen LogP contribution >= 0.6 is 23.2 Å². The Morgan fingerprint density at radius 3 is 1.40 bits per heavy atom. The van der Waals surface area contributed by atoms with Crippen molar-refractivity contribution in [2.24, 2.45) is 22.7 Å². The Hall–Kier alpha value is -11.0. The predicted octanol–water partition coefficient (Wildman–Crippen LogP) is 17.0. The highest BCUT2D eigenvalue weighted by molar-refractivity contribution is 7.90. The van der Waals surface area contributed by atoms with Crippen LogP contribution in [-0.2, 0) is 37.6 Å². The topological polar surface area (TPSA) is 339 Å². The molecule has 134 heavy (non-hydrogen) atoms. The molecule has 706 valence electrons. The number of morpholine rings is 1. The number of nitro benzene ring substituents is 2. The van der Waals surface area contributed by atoms with Crippen LogP contribution in [0.5, 0.6) is 34.5 Å². The second-order valence-corrected chi connectivity index (χ2v) is 43.2. The minimum atomic E-state index is -4.63. The monoisotopic (exact) mass is 1900 g/mol. The molecule has 19 rings (SSSR count). The molecule has 9 aliphatic rings. The summed E-state index contributed by atoms with van der Waals surface area (Å²) in [7, 11) is -9.27. The summed E-state index contributed by atoms with van der Waals surface area (Å²) in [5, 5.41) is 28.0. The number of halogens is 2. The van der Waals surface area contributed by atoms with E-state index in [0.717, 1.165) is 188 Å². The van der Waals surface area contributed by atoms with Gasteiger partial charge in [-0.1, -0.05) is 92.7 Å². The van der Waals surface area contributed by atoms with Gasteiger partial charge >= 0.3 is 0 Å². The number of allylic oxidation sites excluding steroid dienone is 2. The van der Waals surface area contributed by atoms with E-state index in [-0.39, 0.29) is 80.9 Å². The number of piperazine rings is 3. The Morgan fingerprint density at radius 2 is 0.985 bits per heavy atom. The van der Waals surface area contributed by atoms with Gasteiger partial charge in [-0.3, -0.25) is 49.4 Å². The van der Waals surface area contributed by atoms with Gasteiger partial charge in [-0.2, -0.15) is 0 Å². The van der Waals surface area contributed by atoms with Gasteiger partial charge in [0.25, 0.3) is 43.2 Å². The van der Waals surface area contributed by atoms with Crippen LogP contribution in [0.4, 0.5) is 22.7 Å². The fraction of sp³-hybridized carbons (Fsp3) is 0.440. The Kier molecular flexibility index (Phi) is 27.4. The zero-order valence-corrected chi connectivity index (χ0v) is 79.6. The third-order valence-electron chi connectivity index (χ3n) is 28.1. The van der Waals surface area contributed by atoms with Crippen molar-refractivity contribution in [1.82, 2.24) is 53.9 Å². The fourth-order valence-corrected chi connectivity index (χ4v) is 22.8. The standard InChI is InChI=1S/C52H61ClN8O7S.C48H54ClN7O8S/c1-34-30-58(19-22-60(34)40-5-4-6-40)31-35-23-45-47(61(63)64)26-43(27-48(45)67-33-35)69(65,66)56-51(62)44-12-11-41(25-49(44)68-42-24-37-14-16-54-50(37)55-29-42)59-20-17-57(18-21-59)32-38-13-15-52(2,3)28-46(38)36-7-9-39(53)10-8-36;1-31-27-54(18-19-62-31)28-32-20-41-43(56(58)59)23-39(24-44(41)63-30-32)65(60,61)52-47(57)40-9-8-37(22-45(40)64-38-21-34-11-13-50-46(34)51-26-38)55-16-14-53(15-17-55)29-35-10-12-48(2,3)25-42(35)33-4-6-36(49)7-5-33/h7-12,14,16,24-27,29,34-35,40H,4-6,13,15,17-23,28,30-33H2,1-3H3,(H,54,55)(H,56,62);4-9,11,13,21-24,26,31-32H,10,12,14-20,25,27-30H2,1-3H3,(H,50,51)(H,52,57)/t34-,35-;31-,32-/m00/s1. The average molecular weight is 1900 g/mol. The molecule has 5 fully saturated rings. The summed E-state index contributed by atoms with van der Waals surface area (Å²) < 4.78 is 90.8. The van der Waals surface area contributed by atoms with E-state index in [9.17, 15) is 46.7 Å². The third kappa shape index (κ3) is 21.6. The van der Waals surface area contributed by atoms with Crippen molar-refractivity contribution in [3.8, 4) is 34.5 Å². The summed E-state index contributed by atoms with van der Waals surface area (Å²) in [6, 6.07) is 39.5. The zero-order chi connectivity index (χ0) is 93.5. The van der Waals surface area contributed by atoms with Gasteiger partial charge in [0.05, 0.1) is 80.2 Å². The Labute approximate surface area is 791 Å². The highest BCUT2D eigenvalue weighted by Gasteiger charge is 2.40. The molecular weight excluding hydrogens is 1790 g/mol. The molecule has 6 aromatic carbocycles. The number of carbonyl (C=O) groups excluding carboxylic acids is 2. The first-order valence-electron chi connectivity index (χ1n) is 46.5. The number of nitrogens with one attached hydrogen (secondary N) is 4. The van der Waals surface area contributed by atoms with E-state index in [1.807, 2.05) is 43.3 Å². The molecule has 3 aliphatic carbocycles. The molecule has 4 atom stereocenters. The number of benzene rings is 6. The minimum Gasteiger partial charge on any atom is -0.493 e. The molecule has 34 heteroatoms. The fourth-order valence-electron chi connectivity index (χ4n) is 20.6. The number of hydrogen-bond donors (Lipinski definition) is 4. The van der Waals surface area contributed by atoms with Crippen LogP contribution < -0.4 is 38.2 Å². The number of ether oxygens (including phenoxy) is 5. The number of aromatic amines is 2. The second-order valence-electron chi connectivity index (χ2n) is 39.0. The van der Waals surface area contributed by atoms with E-state index in [2.05, 4.69) is 123 Å². The van der Waals surface area contributed by atoms with Gasteiger partial charge in [-0.25, -0.2) is 36.2 Å². The average Bonchev–Trinajstić information content (AvgIpc) is 1.59. The number of carbonyl (C=O) groups is 2. The van der Waals surface area contributed by atoms with Gasteiger partial charge in [0.2, 0.25) is 0 Å². The largest absolute Gasteiger partial charge is 0.493 e. The molecule has 4 saturated heterocycles. The van der Waals surface area contributed by atoms with Gasteiger partial charge in [0.15, 0.2) is 0 Å². The molecular formula is C100H115Cl2N15O15S2. The SMILES string of the molecule is C[C@H]1CN(C[C@H]2COc3cc(S(=O)(=O)NC(=O)c4ccc(N5CCN(CC6=C(c7ccc(Cl)cc7)CC(C)(C)CC6)CC5)cc4Oc4cnc5[nH]ccc5c4)cc([N+](=O)[O-])c3C2)CCN1C1CCC1.C[C@H]1CN(C[C@H]2COc3cc(S(=O)(=O)NC(=O)c4ccc(N5CCN(CC6=C(c7ccc(Cl)cc7)CC(C)(C)CC6)CC5)cc4Oc4cnc5[nH]ccc5c4)cc([N+](=O)[O-])c3C2)CCO1. The summed E-state index contributed by atoms with van der Waals surface area (Å²) in [5.74, 6) is -0.746. The first-order valence-corrected chi connectivity index (χ1v) is 50.3. The summed E-state index contributed by atoms with van der Waals surface area (Å²) in [4.78, 5) is 82.8. The Morgan fingerprint density at radius 1 is 0.545 bits per heavy atom. The molecule has 4 N–H and O–H groups in total. The maximum Gasteiger partial charge on any atom is 0.277 e. The molecule has 0 radical (unpaired) electrons. The molecule has 2 amide bonds. The molecule has 4 aromatic heterocycles. The van der Waals surface area contributed by atoms with Crippen LogP contribution in [0.15, 0.2) is 179 Å². The third-order valence-corrected chi connectivity index (χ3v) is 31.2. The number of rotatable bonds is 25. The molecule has 0 bridgehead atoms. The molecule has 1 saturated carbocycles. The number of sulfonamides is 2. The van der Waals surface area contributed by atoms with Gasteiger partial charge in [-0.15, -0.1) is 0 Å². The van der Waals surface area contributed by atoms with Crippen molar-refractivity contribution in [2.75, 3.05) is 141 Å². The second kappa shape index (κ2) is 39.3. The smallest absolute Gasteiger partial charge is 0.277 e. The zero-order valence-electron chi connectivity index (χ0n) is 76.4. The number of nitro groups is 2. The molecule has 6 aliphatic heterocycles. The first-order chi connectivity index (χ1) is 64.3. The number of aromatic nitrogens is 4.